The molecule has 6 nitrogen and oxygen atoms in total. The third-order valence-corrected chi connectivity index (χ3v) is 5.97. The van der Waals surface area contributed by atoms with Crippen molar-refractivity contribution in [2.24, 2.45) is 12.5 Å². The highest BCUT2D eigenvalue weighted by Gasteiger charge is 2.46. The molecule has 5 rings (SSSR count). The summed E-state index contributed by atoms with van der Waals surface area (Å²) >= 11 is 0. The molecule has 1 amide bonds. The Hall–Kier alpha value is -2.89. The quantitative estimate of drug-likeness (QED) is 0.705. The van der Waals surface area contributed by atoms with E-state index in [2.05, 4.69) is 45.8 Å². The summed E-state index contributed by atoms with van der Waals surface area (Å²) in [5.41, 5.74) is 4.28. The monoisotopic (exact) mass is 361 g/mol. The molecule has 1 aromatic carbocycles. The Morgan fingerprint density at radius 2 is 1.96 bits per heavy atom. The van der Waals surface area contributed by atoms with Crippen molar-refractivity contribution >= 4 is 5.91 Å². The fraction of sp³-hybridized carbons (Fsp3) is 0.381. The molecule has 2 aliphatic heterocycles. The Balaban J connectivity index is 1.37. The molecule has 2 aliphatic rings. The fourth-order valence-corrected chi connectivity index (χ4v) is 4.49. The first kappa shape index (κ1) is 16.3. The summed E-state index contributed by atoms with van der Waals surface area (Å²) in [6.07, 6.45) is 5.75. The summed E-state index contributed by atoms with van der Waals surface area (Å²) in [6, 6.07) is 10.4. The predicted molar refractivity (Wildman–Crippen MR) is 102 cm³/mol. The summed E-state index contributed by atoms with van der Waals surface area (Å²) in [6.45, 7) is 4.60. The molecule has 4 heterocycles. The molecule has 0 bridgehead atoms. The van der Waals surface area contributed by atoms with E-state index in [1.54, 1.807) is 10.7 Å². The zero-order valence-electron chi connectivity index (χ0n) is 15.7. The van der Waals surface area contributed by atoms with Crippen LogP contribution in [0.3, 0.4) is 0 Å². The van der Waals surface area contributed by atoms with Crippen LogP contribution in [0.15, 0.2) is 42.7 Å². The molecule has 0 aliphatic carbocycles. The number of amides is 1. The Kier molecular flexibility index (Phi) is 3.50. The van der Waals surface area contributed by atoms with Crippen LogP contribution >= 0.6 is 0 Å². The third-order valence-electron chi connectivity index (χ3n) is 5.97. The first-order valence-corrected chi connectivity index (χ1v) is 9.43. The standard InChI is InChI=1S/C21H23N5O/c1-15-3-5-16(6-4-15)18-12-22-19-11-21(14-26(18)19)8-10-25(13-21)20(27)17-7-9-24(2)23-17/h3-7,9,12H,8,10-11,13-14H2,1-2H3/t21-/m0/s1. The van der Waals surface area contributed by atoms with Gasteiger partial charge in [0.2, 0.25) is 0 Å². The van der Waals surface area contributed by atoms with Crippen LogP contribution < -0.4 is 0 Å². The van der Waals surface area contributed by atoms with Gasteiger partial charge in [-0.15, -0.1) is 0 Å². The van der Waals surface area contributed by atoms with Gasteiger partial charge in [0, 0.05) is 44.7 Å². The highest BCUT2D eigenvalue weighted by molar-refractivity contribution is 5.92. The Bertz CT molecular complexity index is 1020. The summed E-state index contributed by atoms with van der Waals surface area (Å²) in [5, 5.41) is 4.27. The lowest BCUT2D eigenvalue weighted by Crippen LogP contribution is -2.33. The number of aryl methyl sites for hydroxylation is 2. The lowest BCUT2D eigenvalue weighted by molar-refractivity contribution is 0.0765. The molecule has 138 valence electrons. The van der Waals surface area contributed by atoms with E-state index < -0.39 is 0 Å². The van der Waals surface area contributed by atoms with Crippen LogP contribution in [0.1, 0.15) is 28.3 Å². The largest absolute Gasteiger partial charge is 0.337 e. The van der Waals surface area contributed by atoms with Gasteiger partial charge in [-0.25, -0.2) is 4.98 Å². The maximum absolute atomic E-state index is 12.8. The SMILES string of the molecule is Cc1ccc(-c2cnc3n2C[C@@]2(CCN(C(=O)c4ccn(C)n4)C2)C3)cc1. The maximum Gasteiger partial charge on any atom is 0.274 e. The highest BCUT2D eigenvalue weighted by atomic mass is 16.2. The molecule has 1 saturated heterocycles. The van der Waals surface area contributed by atoms with Gasteiger partial charge in [-0.1, -0.05) is 29.8 Å². The van der Waals surface area contributed by atoms with Crippen LogP contribution in [0.5, 0.6) is 0 Å². The number of imidazole rings is 1. The first-order chi connectivity index (χ1) is 13.0. The number of hydrogen-bond acceptors (Lipinski definition) is 3. The summed E-state index contributed by atoms with van der Waals surface area (Å²) in [4.78, 5) is 19.4. The lowest BCUT2D eigenvalue weighted by Gasteiger charge is -2.23. The zero-order valence-corrected chi connectivity index (χ0v) is 15.7. The average Bonchev–Trinajstić information content (AvgIpc) is 3.41. The van der Waals surface area contributed by atoms with Crippen molar-refractivity contribution < 1.29 is 4.79 Å². The van der Waals surface area contributed by atoms with E-state index in [-0.39, 0.29) is 11.3 Å². The van der Waals surface area contributed by atoms with Crippen LogP contribution in [0.4, 0.5) is 0 Å². The molecule has 0 unspecified atom stereocenters. The number of benzene rings is 1. The molecule has 1 spiro atoms. The summed E-state index contributed by atoms with van der Waals surface area (Å²) < 4.78 is 4.03. The Morgan fingerprint density at radius 1 is 1.15 bits per heavy atom. The minimum atomic E-state index is 0.0378. The molecule has 6 heteroatoms. The second kappa shape index (κ2) is 5.81. The molecule has 2 aromatic heterocycles. The summed E-state index contributed by atoms with van der Waals surface area (Å²) in [7, 11) is 1.84. The normalized spacial score (nSPS) is 21.2. The van der Waals surface area contributed by atoms with Gasteiger partial charge in [0.25, 0.3) is 5.91 Å². The van der Waals surface area contributed by atoms with Crippen LogP contribution in [0.2, 0.25) is 0 Å². The second-order valence-electron chi connectivity index (χ2n) is 8.04. The molecular weight excluding hydrogens is 338 g/mol. The van der Waals surface area contributed by atoms with Crippen LogP contribution in [-0.4, -0.2) is 43.2 Å². The molecule has 27 heavy (non-hydrogen) atoms. The van der Waals surface area contributed by atoms with Gasteiger partial charge in [0.1, 0.15) is 11.5 Å². The van der Waals surface area contributed by atoms with Gasteiger partial charge < -0.3 is 9.47 Å². The molecule has 3 aromatic rings. The summed E-state index contributed by atoms with van der Waals surface area (Å²) in [5.74, 6) is 1.17. The average molecular weight is 361 g/mol. The van der Waals surface area contributed by atoms with Gasteiger partial charge >= 0.3 is 0 Å². The van der Waals surface area contributed by atoms with E-state index in [0.29, 0.717) is 5.69 Å². The topological polar surface area (TPSA) is 56.0 Å². The number of hydrogen-bond donors (Lipinski definition) is 0. The minimum Gasteiger partial charge on any atom is -0.337 e. The molecule has 1 fully saturated rings. The lowest BCUT2D eigenvalue weighted by atomic mass is 9.86. The zero-order chi connectivity index (χ0) is 18.6. The van der Waals surface area contributed by atoms with Crippen LogP contribution in [0.25, 0.3) is 11.3 Å². The smallest absolute Gasteiger partial charge is 0.274 e. The van der Waals surface area contributed by atoms with Crippen molar-refractivity contribution in [1.82, 2.24) is 24.2 Å². The van der Waals surface area contributed by atoms with E-state index in [1.807, 2.05) is 24.3 Å². The van der Waals surface area contributed by atoms with Gasteiger partial charge in [-0.3, -0.25) is 9.48 Å². The van der Waals surface area contributed by atoms with Crippen LogP contribution in [-0.2, 0) is 20.0 Å². The number of rotatable bonds is 2. The molecule has 1 atom stereocenters. The van der Waals surface area contributed by atoms with Gasteiger partial charge in [-0.05, 0) is 25.0 Å². The van der Waals surface area contributed by atoms with Gasteiger partial charge in [0.05, 0.1) is 11.9 Å². The Labute approximate surface area is 158 Å². The van der Waals surface area contributed by atoms with Gasteiger partial charge in [-0.2, -0.15) is 5.10 Å². The Morgan fingerprint density at radius 3 is 2.70 bits per heavy atom. The van der Waals surface area contributed by atoms with Crippen molar-refractivity contribution in [3.8, 4) is 11.3 Å². The third kappa shape index (κ3) is 2.67. The van der Waals surface area contributed by atoms with E-state index in [0.717, 1.165) is 38.3 Å². The van der Waals surface area contributed by atoms with Crippen molar-refractivity contribution in [3.05, 3.63) is 59.8 Å². The number of carbonyl (C=O) groups excluding carboxylic acids is 1. The van der Waals surface area contributed by atoms with Crippen molar-refractivity contribution in [3.63, 3.8) is 0 Å². The van der Waals surface area contributed by atoms with E-state index in [4.69, 9.17) is 0 Å². The second-order valence-corrected chi connectivity index (χ2v) is 8.04. The highest BCUT2D eigenvalue weighted by Crippen LogP contribution is 2.42. The number of carbonyl (C=O) groups is 1. The van der Waals surface area contributed by atoms with E-state index in [1.165, 1.54) is 16.8 Å². The predicted octanol–water partition coefficient (Wildman–Crippen LogP) is 2.68. The number of likely N-dealkylation sites (tertiary alicyclic amines) is 1. The fourth-order valence-electron chi connectivity index (χ4n) is 4.49. The molecule has 0 saturated carbocycles. The van der Waals surface area contributed by atoms with E-state index in [9.17, 15) is 4.79 Å². The molecule has 0 radical (unpaired) electrons. The molecular formula is C21H23N5O. The number of fused-ring (bicyclic) bond motifs is 1. The van der Waals surface area contributed by atoms with E-state index >= 15 is 0 Å². The first-order valence-electron chi connectivity index (χ1n) is 9.43. The minimum absolute atomic E-state index is 0.0378. The number of nitrogens with zero attached hydrogens (tertiary/aromatic N) is 5. The number of aromatic nitrogens is 4. The van der Waals surface area contributed by atoms with Crippen molar-refractivity contribution in [2.75, 3.05) is 13.1 Å². The molecule has 0 N–H and O–H groups in total. The van der Waals surface area contributed by atoms with Crippen LogP contribution in [0, 0.1) is 12.3 Å². The van der Waals surface area contributed by atoms with Gasteiger partial charge in [0.15, 0.2) is 0 Å². The maximum atomic E-state index is 12.8. The van der Waals surface area contributed by atoms with Crippen molar-refractivity contribution in [2.45, 2.75) is 26.3 Å². The van der Waals surface area contributed by atoms with Crippen molar-refractivity contribution in [1.29, 1.82) is 0 Å².